The molecule has 2 aromatic heterocycles. The first-order valence-corrected chi connectivity index (χ1v) is 16.7. The molecule has 10 nitrogen and oxygen atoms in total. The van der Waals surface area contributed by atoms with Crippen LogP contribution in [0.2, 0.25) is 5.02 Å². The average Bonchev–Trinajstić information content (AvgIpc) is 3.72. The van der Waals surface area contributed by atoms with Crippen molar-refractivity contribution in [1.29, 1.82) is 0 Å². The number of methoxy groups -OCH3 is 2. The zero-order chi connectivity index (χ0) is 35.6. The molecule has 256 valence electrons. The van der Waals surface area contributed by atoms with Crippen LogP contribution < -0.4 is 18.9 Å². The third kappa shape index (κ3) is 6.37. The van der Waals surface area contributed by atoms with Gasteiger partial charge >= 0.3 is 11.9 Å². The third-order valence-corrected chi connectivity index (χ3v) is 8.85. The Kier molecular flexibility index (Phi) is 9.16. The van der Waals surface area contributed by atoms with Crippen molar-refractivity contribution in [1.82, 2.24) is 19.1 Å². The van der Waals surface area contributed by atoms with Crippen LogP contribution in [0.1, 0.15) is 34.6 Å². The van der Waals surface area contributed by atoms with Crippen molar-refractivity contribution >= 4 is 45.6 Å². The Labute approximate surface area is 298 Å². The fourth-order valence-electron chi connectivity index (χ4n) is 6.07. The van der Waals surface area contributed by atoms with Crippen molar-refractivity contribution in [2.45, 2.75) is 26.9 Å². The number of aromatic nitrogens is 4. The van der Waals surface area contributed by atoms with Crippen LogP contribution in [0.3, 0.4) is 0 Å². The first-order chi connectivity index (χ1) is 24.8. The van der Waals surface area contributed by atoms with E-state index in [1.54, 1.807) is 74.9 Å². The van der Waals surface area contributed by atoms with Crippen LogP contribution in [0, 0.1) is 0 Å². The Bertz CT molecular complexity index is 2420. The summed E-state index contributed by atoms with van der Waals surface area (Å²) in [4.78, 5) is 37.3. The molecule has 0 radical (unpaired) electrons. The number of rotatable bonds is 10. The number of ether oxygens (including phenoxy) is 4. The maximum Gasteiger partial charge on any atom is 0.343 e. The highest BCUT2D eigenvalue weighted by atomic mass is 35.5. The van der Waals surface area contributed by atoms with Gasteiger partial charge in [0.05, 0.1) is 58.5 Å². The first-order valence-electron chi connectivity index (χ1n) is 16.3. The van der Waals surface area contributed by atoms with Crippen molar-refractivity contribution in [3.8, 4) is 45.8 Å². The van der Waals surface area contributed by atoms with Gasteiger partial charge in [-0.1, -0.05) is 29.8 Å². The van der Waals surface area contributed by atoms with Gasteiger partial charge in [0.15, 0.2) is 0 Å². The molecule has 11 heteroatoms. The second-order valence-electron chi connectivity index (χ2n) is 11.6. The van der Waals surface area contributed by atoms with Crippen LogP contribution in [0.15, 0.2) is 103 Å². The molecule has 0 fully saturated rings. The van der Waals surface area contributed by atoms with Gasteiger partial charge in [0.25, 0.3) is 0 Å². The van der Waals surface area contributed by atoms with Crippen molar-refractivity contribution in [2.24, 2.45) is 0 Å². The summed E-state index contributed by atoms with van der Waals surface area (Å²) in [5.74, 6) is 1.53. The van der Waals surface area contributed by atoms with Gasteiger partial charge in [0, 0.05) is 30.2 Å². The Morgan fingerprint density at radius 1 is 0.608 bits per heavy atom. The van der Waals surface area contributed by atoms with E-state index >= 15 is 0 Å². The third-order valence-electron chi connectivity index (χ3n) is 8.60. The quantitative estimate of drug-likeness (QED) is 0.103. The lowest BCUT2D eigenvalue weighted by atomic mass is 10.1. The highest BCUT2D eigenvalue weighted by molar-refractivity contribution is 6.30. The van der Waals surface area contributed by atoms with Crippen LogP contribution in [0.25, 0.3) is 44.8 Å². The van der Waals surface area contributed by atoms with Gasteiger partial charge < -0.3 is 28.1 Å². The van der Waals surface area contributed by atoms with E-state index in [1.807, 2.05) is 65.4 Å². The predicted molar refractivity (Wildman–Crippen MR) is 196 cm³/mol. The second-order valence-corrected chi connectivity index (χ2v) is 12.0. The molecule has 5 aromatic carbocycles. The fraction of sp³-hybridized carbons (Fsp3) is 0.150. The van der Waals surface area contributed by atoms with E-state index in [2.05, 4.69) is 0 Å². The zero-order valence-corrected chi connectivity index (χ0v) is 29.1. The lowest BCUT2D eigenvalue weighted by Crippen LogP contribution is -2.13. The van der Waals surface area contributed by atoms with Gasteiger partial charge in [0.1, 0.15) is 34.6 Å². The summed E-state index contributed by atoms with van der Waals surface area (Å²) >= 11 is 6.12. The van der Waals surface area contributed by atoms with Gasteiger partial charge in [-0.3, -0.25) is 0 Å². The van der Waals surface area contributed by atoms with Crippen LogP contribution in [-0.4, -0.2) is 45.3 Å². The molecule has 51 heavy (non-hydrogen) atoms. The number of imidazole rings is 2. The summed E-state index contributed by atoms with van der Waals surface area (Å²) in [6.07, 6.45) is 0. The van der Waals surface area contributed by atoms with E-state index in [-0.39, 0.29) is 11.5 Å². The van der Waals surface area contributed by atoms with Crippen molar-refractivity contribution in [3.63, 3.8) is 0 Å². The Morgan fingerprint density at radius 3 is 1.73 bits per heavy atom. The topological polar surface area (TPSA) is 107 Å². The molecule has 0 unspecified atom stereocenters. The Morgan fingerprint density at radius 2 is 1.14 bits per heavy atom. The standard InChI is InChI=1S/C40H33ClN4O6/c1-5-44-33-19-17-27(48-3)20-32(33)43-38(44)30-23-35(51-40(47)25-12-14-26(41)15-13-25)29(22-36(30)50-39(46)24-10-8-7-9-11-24)37-42-31-18-16-28(49-4)21-34(31)45(37)6-2/h7-23H,5-6H2,1-4H3. The molecule has 2 heterocycles. The molecule has 0 spiro atoms. The van der Waals surface area contributed by atoms with E-state index < -0.39 is 11.9 Å². The molecule has 0 amide bonds. The number of halogens is 1. The van der Waals surface area contributed by atoms with E-state index in [9.17, 15) is 9.59 Å². The normalized spacial score (nSPS) is 11.2. The minimum atomic E-state index is -0.609. The Hall–Kier alpha value is -6.13. The van der Waals surface area contributed by atoms with Gasteiger partial charge in [-0.2, -0.15) is 0 Å². The number of fused-ring (bicyclic) bond motifs is 2. The molecular formula is C40H33ClN4O6. The average molecular weight is 701 g/mol. The van der Waals surface area contributed by atoms with Crippen molar-refractivity contribution < 1.29 is 28.5 Å². The number of esters is 2. The molecule has 7 aromatic rings. The van der Waals surface area contributed by atoms with E-state index in [4.69, 9.17) is 40.5 Å². The zero-order valence-electron chi connectivity index (χ0n) is 28.3. The lowest BCUT2D eigenvalue weighted by Gasteiger charge is -2.17. The van der Waals surface area contributed by atoms with Gasteiger partial charge in [0.2, 0.25) is 0 Å². The first kappa shape index (κ1) is 33.4. The molecule has 0 aliphatic rings. The Balaban J connectivity index is 1.50. The van der Waals surface area contributed by atoms with E-state index in [0.29, 0.717) is 74.5 Å². The van der Waals surface area contributed by atoms with Crippen molar-refractivity contribution in [3.05, 3.63) is 119 Å². The molecule has 0 saturated carbocycles. The molecular weight excluding hydrogens is 668 g/mol. The smallest absolute Gasteiger partial charge is 0.343 e. The molecule has 0 aliphatic heterocycles. The minimum Gasteiger partial charge on any atom is -0.497 e. The summed E-state index contributed by atoms with van der Waals surface area (Å²) in [6.45, 7) is 5.06. The van der Waals surface area contributed by atoms with E-state index in [1.165, 1.54) is 0 Å². The summed E-state index contributed by atoms with van der Waals surface area (Å²) in [5, 5.41) is 0.487. The molecule has 0 N–H and O–H groups in total. The number of carbonyl (C=O) groups excluding carboxylic acids is 2. The monoisotopic (exact) mass is 700 g/mol. The summed E-state index contributed by atoms with van der Waals surface area (Å²) < 4.78 is 27.4. The van der Waals surface area contributed by atoms with Gasteiger partial charge in [-0.25, -0.2) is 19.6 Å². The highest BCUT2D eigenvalue weighted by Crippen LogP contribution is 2.43. The number of aryl methyl sites for hydroxylation is 2. The van der Waals surface area contributed by atoms with Gasteiger partial charge in [-0.15, -0.1) is 0 Å². The molecule has 0 atom stereocenters. The van der Waals surface area contributed by atoms with Crippen LogP contribution in [-0.2, 0) is 13.1 Å². The number of benzene rings is 5. The SMILES string of the molecule is CCn1c(-c2cc(OC(=O)c3ccc(Cl)cc3)c(-c3nc4ccc(OC)cc4n3CC)cc2OC(=O)c2ccccc2)nc2cc(OC)ccc21. The molecule has 0 bridgehead atoms. The number of hydrogen-bond acceptors (Lipinski definition) is 8. The van der Waals surface area contributed by atoms with Crippen LogP contribution >= 0.6 is 11.6 Å². The van der Waals surface area contributed by atoms with E-state index in [0.717, 1.165) is 11.0 Å². The fourth-order valence-corrected chi connectivity index (χ4v) is 6.20. The largest absolute Gasteiger partial charge is 0.497 e. The minimum absolute atomic E-state index is 0.189. The summed E-state index contributed by atoms with van der Waals surface area (Å²) in [6, 6.07) is 29.8. The van der Waals surface area contributed by atoms with Crippen LogP contribution in [0.4, 0.5) is 0 Å². The van der Waals surface area contributed by atoms with Gasteiger partial charge in [-0.05, 0) is 86.6 Å². The predicted octanol–water partition coefficient (Wildman–Crippen LogP) is 8.87. The highest BCUT2D eigenvalue weighted by Gasteiger charge is 2.26. The second kappa shape index (κ2) is 14.0. The molecule has 0 aliphatic carbocycles. The molecule has 0 saturated heterocycles. The maximum absolute atomic E-state index is 13.7. The van der Waals surface area contributed by atoms with Crippen molar-refractivity contribution in [2.75, 3.05) is 14.2 Å². The number of hydrogen-bond donors (Lipinski definition) is 0. The number of carbonyl (C=O) groups is 2. The molecule has 7 rings (SSSR count). The maximum atomic E-state index is 13.7. The lowest BCUT2D eigenvalue weighted by molar-refractivity contribution is 0.0720. The summed E-state index contributed by atoms with van der Waals surface area (Å²) in [5.41, 5.74) is 4.57. The number of nitrogens with zero attached hydrogens (tertiary/aromatic N) is 4. The summed E-state index contributed by atoms with van der Waals surface area (Å²) in [7, 11) is 3.20. The van der Waals surface area contributed by atoms with Crippen LogP contribution in [0.5, 0.6) is 23.0 Å².